The van der Waals surface area contributed by atoms with Gasteiger partial charge in [0, 0.05) is 12.3 Å². The van der Waals surface area contributed by atoms with Gasteiger partial charge in [0.1, 0.15) is 23.6 Å². The van der Waals surface area contributed by atoms with Crippen LogP contribution in [0, 0.1) is 0 Å². The van der Waals surface area contributed by atoms with E-state index in [2.05, 4.69) is 4.98 Å². The highest BCUT2D eigenvalue weighted by atomic mass is 35.5. The van der Waals surface area contributed by atoms with Crippen molar-refractivity contribution < 1.29 is 17.9 Å². The Labute approximate surface area is 112 Å². The molecule has 0 atom stereocenters. The third-order valence-electron chi connectivity index (χ3n) is 2.70. The second kappa shape index (κ2) is 5.28. The summed E-state index contributed by atoms with van der Waals surface area (Å²) in [6, 6.07) is 4.90. The van der Waals surface area contributed by atoms with Gasteiger partial charge in [0.05, 0.1) is 12.6 Å². The smallest absolute Gasteiger partial charge is 0.406 e. The first-order chi connectivity index (χ1) is 8.96. The van der Waals surface area contributed by atoms with E-state index in [4.69, 9.17) is 16.3 Å². The molecule has 0 spiro atoms. The maximum absolute atomic E-state index is 12.6. The maximum atomic E-state index is 12.6. The first kappa shape index (κ1) is 14.0. The van der Waals surface area contributed by atoms with Crippen LogP contribution in [0.4, 0.5) is 13.2 Å². The Hall–Kier alpha value is -1.43. The quantitative estimate of drug-likeness (QED) is 0.808. The topological polar surface area (TPSA) is 27.1 Å². The Kier molecular flexibility index (Phi) is 3.89. The molecular formula is C12H12ClF3N2O. The molecule has 2 rings (SSSR count). The zero-order valence-corrected chi connectivity index (χ0v) is 10.9. The number of hydrogen-bond donors (Lipinski definition) is 0. The number of methoxy groups -OCH3 is 1. The van der Waals surface area contributed by atoms with Crippen LogP contribution in [-0.2, 0) is 13.0 Å². The molecule has 0 saturated heterocycles. The summed E-state index contributed by atoms with van der Waals surface area (Å²) in [4.78, 5) is 4.21. The Balaban J connectivity index is 2.60. The van der Waals surface area contributed by atoms with E-state index in [-0.39, 0.29) is 12.3 Å². The molecule has 3 nitrogen and oxygen atoms in total. The van der Waals surface area contributed by atoms with Crippen LogP contribution in [-0.4, -0.2) is 28.7 Å². The molecule has 0 radical (unpaired) electrons. The summed E-state index contributed by atoms with van der Waals surface area (Å²) in [5, 5.41) is 0. The van der Waals surface area contributed by atoms with Crippen molar-refractivity contribution in [3.8, 4) is 5.75 Å². The third kappa shape index (κ3) is 2.94. The van der Waals surface area contributed by atoms with Gasteiger partial charge in [-0.3, -0.25) is 0 Å². The molecule has 1 heterocycles. The van der Waals surface area contributed by atoms with Crippen molar-refractivity contribution >= 4 is 22.6 Å². The lowest BCUT2D eigenvalue weighted by Crippen LogP contribution is -2.19. The number of halogens is 4. The summed E-state index contributed by atoms with van der Waals surface area (Å²) in [5.74, 6) is 0.977. The van der Waals surface area contributed by atoms with Crippen molar-refractivity contribution in [2.75, 3.05) is 13.0 Å². The largest absolute Gasteiger partial charge is 0.494 e. The lowest BCUT2D eigenvalue weighted by molar-refractivity contribution is -0.140. The van der Waals surface area contributed by atoms with E-state index in [1.54, 1.807) is 18.2 Å². The Morgan fingerprint density at radius 3 is 2.68 bits per heavy atom. The molecule has 104 valence electrons. The van der Waals surface area contributed by atoms with Gasteiger partial charge < -0.3 is 9.30 Å². The van der Waals surface area contributed by atoms with Crippen LogP contribution in [0.2, 0.25) is 0 Å². The third-order valence-corrected chi connectivity index (χ3v) is 2.89. The summed E-state index contributed by atoms with van der Waals surface area (Å²) in [6.07, 6.45) is -4.03. The van der Waals surface area contributed by atoms with Crippen molar-refractivity contribution in [1.82, 2.24) is 9.55 Å². The first-order valence-corrected chi connectivity index (χ1v) is 6.14. The van der Waals surface area contributed by atoms with Gasteiger partial charge >= 0.3 is 6.18 Å². The van der Waals surface area contributed by atoms with Crippen LogP contribution in [0.1, 0.15) is 5.82 Å². The molecule has 0 aliphatic heterocycles. The number of alkyl halides is 4. The van der Waals surface area contributed by atoms with E-state index in [0.29, 0.717) is 22.6 Å². The van der Waals surface area contributed by atoms with Crippen LogP contribution in [0.3, 0.4) is 0 Å². The normalized spacial score (nSPS) is 12.1. The van der Waals surface area contributed by atoms with Gasteiger partial charge in [0.25, 0.3) is 0 Å². The number of para-hydroxylation sites is 1. The molecule has 7 heteroatoms. The average molecular weight is 293 g/mol. The van der Waals surface area contributed by atoms with E-state index in [0.717, 1.165) is 4.57 Å². The van der Waals surface area contributed by atoms with E-state index in [1.165, 1.54) is 7.11 Å². The van der Waals surface area contributed by atoms with Crippen LogP contribution < -0.4 is 4.74 Å². The monoisotopic (exact) mass is 292 g/mol. The highest BCUT2D eigenvalue weighted by molar-refractivity contribution is 6.17. The molecule has 1 aromatic heterocycles. The minimum absolute atomic E-state index is 0.212. The summed E-state index contributed by atoms with van der Waals surface area (Å²) in [7, 11) is 1.46. The standard InChI is InChI=1S/C12H12ClF3N2O/c1-19-9-4-2-3-8-11(9)17-10(5-6-13)18(8)7-12(14,15)16/h2-4H,5-7H2,1H3. The highest BCUT2D eigenvalue weighted by Gasteiger charge is 2.30. The van der Waals surface area contributed by atoms with E-state index in [1.807, 2.05) is 0 Å². The second-order valence-electron chi connectivity index (χ2n) is 4.00. The molecule has 0 unspecified atom stereocenters. The number of fused-ring (bicyclic) bond motifs is 1. The SMILES string of the molecule is COc1cccc2c1nc(CCCl)n2CC(F)(F)F. The zero-order chi connectivity index (χ0) is 14.0. The fourth-order valence-corrected chi connectivity index (χ4v) is 2.13. The number of imidazole rings is 1. The fourth-order valence-electron chi connectivity index (χ4n) is 1.97. The minimum atomic E-state index is -4.31. The van der Waals surface area contributed by atoms with Gasteiger partial charge in [0.2, 0.25) is 0 Å². The number of aromatic nitrogens is 2. The van der Waals surface area contributed by atoms with Crippen LogP contribution in [0.15, 0.2) is 18.2 Å². The summed E-state index contributed by atoms with van der Waals surface area (Å²) >= 11 is 5.61. The van der Waals surface area contributed by atoms with Crippen molar-refractivity contribution in [2.45, 2.75) is 19.1 Å². The number of hydrogen-bond acceptors (Lipinski definition) is 2. The second-order valence-corrected chi connectivity index (χ2v) is 4.37. The fraction of sp³-hybridized carbons (Fsp3) is 0.417. The predicted octanol–water partition coefficient (Wildman–Crippen LogP) is 3.39. The van der Waals surface area contributed by atoms with E-state index >= 15 is 0 Å². The van der Waals surface area contributed by atoms with Gasteiger partial charge in [-0.2, -0.15) is 13.2 Å². The molecular weight excluding hydrogens is 281 g/mol. The van der Waals surface area contributed by atoms with Crippen LogP contribution in [0.25, 0.3) is 11.0 Å². The Bertz CT molecular complexity index is 580. The van der Waals surface area contributed by atoms with Crippen LogP contribution in [0.5, 0.6) is 5.75 Å². The van der Waals surface area contributed by atoms with Crippen molar-refractivity contribution in [3.63, 3.8) is 0 Å². The average Bonchev–Trinajstić information content (AvgIpc) is 2.66. The van der Waals surface area contributed by atoms with E-state index < -0.39 is 12.7 Å². The Morgan fingerprint density at radius 1 is 1.37 bits per heavy atom. The van der Waals surface area contributed by atoms with Gasteiger partial charge in [-0.15, -0.1) is 11.6 Å². The molecule has 1 aromatic carbocycles. The lowest BCUT2D eigenvalue weighted by Gasteiger charge is -2.11. The predicted molar refractivity (Wildman–Crippen MR) is 66.8 cm³/mol. The van der Waals surface area contributed by atoms with Crippen LogP contribution >= 0.6 is 11.6 Å². The van der Waals surface area contributed by atoms with Crippen molar-refractivity contribution in [2.24, 2.45) is 0 Å². The number of ether oxygens (including phenoxy) is 1. The van der Waals surface area contributed by atoms with Gasteiger partial charge in [-0.1, -0.05) is 6.07 Å². The first-order valence-electron chi connectivity index (χ1n) is 5.61. The number of benzene rings is 1. The summed E-state index contributed by atoms with van der Waals surface area (Å²) in [6.45, 7) is -1.08. The van der Waals surface area contributed by atoms with E-state index in [9.17, 15) is 13.2 Å². The summed E-state index contributed by atoms with van der Waals surface area (Å²) < 4.78 is 44.2. The summed E-state index contributed by atoms with van der Waals surface area (Å²) in [5.41, 5.74) is 0.825. The number of rotatable bonds is 4. The molecule has 19 heavy (non-hydrogen) atoms. The van der Waals surface area contributed by atoms with Gasteiger partial charge in [-0.25, -0.2) is 4.98 Å². The lowest BCUT2D eigenvalue weighted by atomic mass is 10.3. The number of nitrogens with zero attached hydrogens (tertiary/aromatic N) is 2. The van der Waals surface area contributed by atoms with Crippen molar-refractivity contribution in [1.29, 1.82) is 0 Å². The maximum Gasteiger partial charge on any atom is 0.406 e. The number of aryl methyl sites for hydroxylation is 1. The molecule has 0 aliphatic carbocycles. The molecule has 0 N–H and O–H groups in total. The highest BCUT2D eigenvalue weighted by Crippen LogP contribution is 2.29. The molecule has 0 fully saturated rings. The Morgan fingerprint density at radius 2 is 2.11 bits per heavy atom. The van der Waals surface area contributed by atoms with Crippen molar-refractivity contribution in [3.05, 3.63) is 24.0 Å². The molecule has 0 saturated carbocycles. The molecule has 2 aromatic rings. The van der Waals surface area contributed by atoms with Gasteiger partial charge in [-0.05, 0) is 12.1 Å². The molecule has 0 amide bonds. The minimum Gasteiger partial charge on any atom is -0.494 e. The molecule has 0 aliphatic rings. The van der Waals surface area contributed by atoms with Gasteiger partial charge in [0.15, 0.2) is 0 Å². The molecule has 0 bridgehead atoms. The zero-order valence-electron chi connectivity index (χ0n) is 10.2.